The van der Waals surface area contributed by atoms with E-state index in [1.54, 1.807) is 0 Å². The van der Waals surface area contributed by atoms with Crippen LogP contribution in [0.2, 0.25) is 0 Å². The third kappa shape index (κ3) is 3.38. The lowest BCUT2D eigenvalue weighted by atomic mass is 9.76. The highest BCUT2D eigenvalue weighted by Gasteiger charge is 2.29. The topological polar surface area (TPSA) is 55.5 Å². The molecule has 3 nitrogen and oxygen atoms in total. The van der Waals surface area contributed by atoms with Gasteiger partial charge in [-0.2, -0.15) is 0 Å². The van der Waals surface area contributed by atoms with E-state index in [-0.39, 0.29) is 6.04 Å². The molecule has 1 heterocycles. The van der Waals surface area contributed by atoms with Gasteiger partial charge in [-0.05, 0) is 54.3 Å². The molecule has 0 bridgehead atoms. The van der Waals surface area contributed by atoms with Crippen molar-refractivity contribution in [2.75, 3.05) is 0 Å². The largest absolute Gasteiger partial charge is 0.491 e. The van der Waals surface area contributed by atoms with Crippen molar-refractivity contribution in [1.29, 1.82) is 0 Å². The van der Waals surface area contributed by atoms with E-state index in [1.807, 2.05) is 6.92 Å². The molecule has 1 aliphatic heterocycles. The molecular formula is C15H24BNO2. The molecule has 0 radical (unpaired) electrons. The number of hydrogen-bond acceptors (Lipinski definition) is 3. The van der Waals surface area contributed by atoms with Crippen LogP contribution in [-0.2, 0) is 17.7 Å². The van der Waals surface area contributed by atoms with E-state index >= 15 is 0 Å². The molecule has 0 spiro atoms. The fourth-order valence-electron chi connectivity index (χ4n) is 2.60. The molecule has 1 aromatic rings. The normalized spacial score (nSPS) is 16.0. The van der Waals surface area contributed by atoms with Crippen molar-refractivity contribution >= 4 is 12.6 Å². The van der Waals surface area contributed by atoms with Gasteiger partial charge in [-0.3, -0.25) is 0 Å². The van der Waals surface area contributed by atoms with Gasteiger partial charge in [-0.1, -0.05) is 26.0 Å². The quantitative estimate of drug-likeness (QED) is 0.793. The fourth-order valence-corrected chi connectivity index (χ4v) is 2.60. The second kappa shape index (κ2) is 6.08. The Morgan fingerprint density at radius 2 is 2.11 bits per heavy atom. The summed E-state index contributed by atoms with van der Waals surface area (Å²) in [5.41, 5.74) is 10.5. The third-order valence-corrected chi connectivity index (χ3v) is 3.82. The summed E-state index contributed by atoms with van der Waals surface area (Å²) in [5, 5.41) is 9.88. The van der Waals surface area contributed by atoms with Crippen LogP contribution in [0.3, 0.4) is 0 Å². The highest BCUT2D eigenvalue weighted by atomic mass is 16.5. The highest BCUT2D eigenvalue weighted by Crippen LogP contribution is 2.23. The number of benzene rings is 1. The van der Waals surface area contributed by atoms with Crippen LogP contribution in [0, 0.1) is 0 Å². The first kappa shape index (κ1) is 14.6. The zero-order valence-electron chi connectivity index (χ0n) is 12.1. The van der Waals surface area contributed by atoms with Gasteiger partial charge in [-0.15, -0.1) is 0 Å². The van der Waals surface area contributed by atoms with Gasteiger partial charge in [0.1, 0.15) is 0 Å². The van der Waals surface area contributed by atoms with Crippen LogP contribution in [0.15, 0.2) is 12.1 Å². The monoisotopic (exact) mass is 261 g/mol. The van der Waals surface area contributed by atoms with E-state index in [0.717, 1.165) is 24.7 Å². The summed E-state index contributed by atoms with van der Waals surface area (Å²) in [4.78, 5) is 0. The summed E-state index contributed by atoms with van der Waals surface area (Å²) in [6, 6.07) is 4.61. The molecule has 0 aliphatic carbocycles. The van der Waals surface area contributed by atoms with Crippen LogP contribution in [0.5, 0.6) is 0 Å². The second-order valence-corrected chi connectivity index (χ2v) is 5.94. The van der Waals surface area contributed by atoms with Gasteiger partial charge in [0, 0.05) is 6.04 Å². The van der Waals surface area contributed by atoms with Crippen molar-refractivity contribution < 1.29 is 9.68 Å². The Kier molecular flexibility index (Phi) is 4.66. The molecule has 0 saturated carbocycles. The smallest absolute Gasteiger partial charge is 0.423 e. The van der Waals surface area contributed by atoms with Crippen LogP contribution in [0.25, 0.3) is 0 Å². The van der Waals surface area contributed by atoms with Crippen molar-refractivity contribution in [3.8, 4) is 0 Å². The lowest BCUT2D eigenvalue weighted by Gasteiger charge is -2.14. The zero-order valence-corrected chi connectivity index (χ0v) is 12.1. The molecule has 104 valence electrons. The van der Waals surface area contributed by atoms with Crippen molar-refractivity contribution in [3.05, 3.63) is 28.8 Å². The number of rotatable bonds is 5. The third-order valence-electron chi connectivity index (χ3n) is 3.82. The molecule has 0 unspecified atom stereocenters. The van der Waals surface area contributed by atoms with Gasteiger partial charge in [-0.25, -0.2) is 0 Å². The van der Waals surface area contributed by atoms with Crippen molar-refractivity contribution in [2.24, 2.45) is 5.73 Å². The number of hydrogen-bond donors (Lipinski definition) is 2. The van der Waals surface area contributed by atoms with Crippen LogP contribution < -0.4 is 11.2 Å². The van der Waals surface area contributed by atoms with Gasteiger partial charge in [0.05, 0.1) is 6.61 Å². The van der Waals surface area contributed by atoms with Gasteiger partial charge in [0.15, 0.2) is 0 Å². The maximum atomic E-state index is 9.88. The summed E-state index contributed by atoms with van der Waals surface area (Å²) in [6.07, 6.45) is 3.13. The SMILES string of the molecule is CC(C)c1cc(CCC[C@H](C)N)c2c(c1)B(O)OC2. The summed E-state index contributed by atoms with van der Waals surface area (Å²) in [5.74, 6) is 0.463. The Morgan fingerprint density at radius 1 is 1.37 bits per heavy atom. The molecule has 19 heavy (non-hydrogen) atoms. The maximum absolute atomic E-state index is 9.88. The van der Waals surface area contributed by atoms with Crippen LogP contribution in [0.1, 0.15) is 56.2 Å². The van der Waals surface area contributed by atoms with Crippen molar-refractivity contribution in [1.82, 2.24) is 0 Å². The minimum Gasteiger partial charge on any atom is -0.423 e. The Hall–Kier alpha value is -0.835. The van der Waals surface area contributed by atoms with E-state index in [4.69, 9.17) is 10.4 Å². The van der Waals surface area contributed by atoms with Crippen LogP contribution in [-0.4, -0.2) is 18.2 Å². The molecular weight excluding hydrogens is 237 g/mol. The average Bonchev–Trinajstić information content (AvgIpc) is 2.71. The highest BCUT2D eigenvalue weighted by molar-refractivity contribution is 6.61. The first-order chi connectivity index (χ1) is 8.99. The fraction of sp³-hybridized carbons (Fsp3) is 0.600. The molecule has 1 aliphatic rings. The van der Waals surface area contributed by atoms with Crippen LogP contribution >= 0.6 is 0 Å². The molecule has 0 amide bonds. The first-order valence-electron chi connectivity index (χ1n) is 7.20. The predicted molar refractivity (Wildman–Crippen MR) is 79.5 cm³/mol. The minimum atomic E-state index is -0.749. The Balaban J connectivity index is 2.23. The maximum Gasteiger partial charge on any atom is 0.491 e. The lowest BCUT2D eigenvalue weighted by molar-refractivity contribution is 0.274. The summed E-state index contributed by atoms with van der Waals surface area (Å²) in [7, 11) is -0.749. The standard InChI is InChI=1S/C15H24BNO2/c1-10(2)13-7-12(6-4-5-11(3)17)14-9-19-16(18)15(14)8-13/h7-8,10-11,18H,4-6,9,17H2,1-3H3/t11-/m0/s1. The molecule has 1 atom stereocenters. The van der Waals surface area contributed by atoms with E-state index in [9.17, 15) is 5.02 Å². The summed E-state index contributed by atoms with van der Waals surface area (Å²) < 4.78 is 5.36. The summed E-state index contributed by atoms with van der Waals surface area (Å²) in [6.45, 7) is 6.93. The average molecular weight is 261 g/mol. The number of fused-ring (bicyclic) bond motifs is 1. The minimum absolute atomic E-state index is 0.253. The number of nitrogens with two attached hydrogens (primary N) is 1. The van der Waals surface area contributed by atoms with Gasteiger partial charge in [0.2, 0.25) is 0 Å². The van der Waals surface area contributed by atoms with Gasteiger partial charge >= 0.3 is 7.12 Å². The Labute approximate surface area is 116 Å². The second-order valence-electron chi connectivity index (χ2n) is 5.94. The molecule has 0 aromatic heterocycles. The molecule has 1 aromatic carbocycles. The van der Waals surface area contributed by atoms with Crippen LogP contribution in [0.4, 0.5) is 0 Å². The molecule has 0 saturated heterocycles. The summed E-state index contributed by atoms with van der Waals surface area (Å²) >= 11 is 0. The van der Waals surface area contributed by atoms with E-state index in [0.29, 0.717) is 12.5 Å². The van der Waals surface area contributed by atoms with E-state index < -0.39 is 7.12 Å². The predicted octanol–water partition coefficient (Wildman–Crippen LogP) is 1.70. The Bertz CT molecular complexity index is 446. The lowest BCUT2D eigenvalue weighted by Crippen LogP contribution is -2.29. The van der Waals surface area contributed by atoms with Crippen molar-refractivity contribution in [2.45, 2.75) is 58.6 Å². The molecule has 4 heteroatoms. The molecule has 3 N–H and O–H groups in total. The van der Waals surface area contributed by atoms with Gasteiger partial charge in [0.25, 0.3) is 0 Å². The first-order valence-corrected chi connectivity index (χ1v) is 7.20. The molecule has 2 rings (SSSR count). The molecule has 0 fully saturated rings. The van der Waals surface area contributed by atoms with Gasteiger partial charge < -0.3 is 15.4 Å². The number of aryl methyl sites for hydroxylation is 1. The van der Waals surface area contributed by atoms with E-state index in [2.05, 4.69) is 26.0 Å². The zero-order chi connectivity index (χ0) is 14.0. The van der Waals surface area contributed by atoms with Crippen molar-refractivity contribution in [3.63, 3.8) is 0 Å². The Morgan fingerprint density at radius 3 is 2.74 bits per heavy atom. The van der Waals surface area contributed by atoms with E-state index in [1.165, 1.54) is 16.7 Å².